The topological polar surface area (TPSA) is 74.9 Å². The molecule has 0 amide bonds. The molecule has 1 aliphatic rings. The highest BCUT2D eigenvalue weighted by atomic mass is 16.5. The van der Waals surface area contributed by atoms with Crippen LogP contribution in [0.2, 0.25) is 0 Å². The Morgan fingerprint density at radius 3 is 3.19 bits per heavy atom. The molecule has 0 radical (unpaired) electrons. The van der Waals surface area contributed by atoms with Gasteiger partial charge in [-0.05, 0) is 23.2 Å². The molecule has 0 saturated heterocycles. The van der Waals surface area contributed by atoms with Crippen LogP contribution in [0.4, 0.5) is 0 Å². The predicted molar refractivity (Wildman–Crippen MR) is 55.4 cm³/mol. The molecule has 0 spiro atoms. The number of benzene rings is 1. The van der Waals surface area contributed by atoms with Crippen LogP contribution < -0.4 is 10.1 Å². The monoisotopic (exact) mass is 217 g/mol. The third-order valence-electron chi connectivity index (χ3n) is 2.72. The highest BCUT2D eigenvalue weighted by molar-refractivity contribution is 6.61. The van der Waals surface area contributed by atoms with Crippen molar-refractivity contribution in [1.82, 2.24) is 15.5 Å². The maximum Gasteiger partial charge on any atom is 0.491 e. The van der Waals surface area contributed by atoms with Crippen LogP contribution in [0.1, 0.15) is 5.56 Å². The lowest BCUT2D eigenvalue weighted by Gasteiger charge is -1.99. The Morgan fingerprint density at radius 1 is 1.56 bits per heavy atom. The molecule has 16 heavy (non-hydrogen) atoms. The number of aryl methyl sites for hydroxylation is 1. The molecule has 80 valence electrons. The first-order valence-corrected chi connectivity index (χ1v) is 4.95. The lowest BCUT2D eigenvalue weighted by molar-refractivity contribution is -0.721. The van der Waals surface area contributed by atoms with Crippen LogP contribution in [-0.2, 0) is 18.3 Å². The third kappa shape index (κ3) is 1.33. The first kappa shape index (κ1) is 9.50. The van der Waals surface area contributed by atoms with Gasteiger partial charge in [-0.25, -0.2) is 0 Å². The van der Waals surface area contributed by atoms with Crippen molar-refractivity contribution in [2.24, 2.45) is 7.05 Å². The van der Waals surface area contributed by atoms with E-state index in [4.69, 9.17) is 4.65 Å². The summed E-state index contributed by atoms with van der Waals surface area (Å²) in [4.78, 5) is 0. The molecule has 1 aromatic carbocycles. The summed E-state index contributed by atoms with van der Waals surface area (Å²) in [7, 11) is 1.00. The molecular weight excluding hydrogens is 207 g/mol. The molecular formula is C9H10BN4O2+. The maximum absolute atomic E-state index is 9.60. The normalized spacial score (nSPS) is 14.2. The van der Waals surface area contributed by atoms with E-state index < -0.39 is 7.12 Å². The van der Waals surface area contributed by atoms with Gasteiger partial charge in [-0.1, -0.05) is 11.3 Å². The predicted octanol–water partition coefficient (Wildman–Crippen LogP) is -1.49. The maximum atomic E-state index is 9.60. The molecule has 0 saturated carbocycles. The Balaban J connectivity index is 2.11. The van der Waals surface area contributed by atoms with E-state index in [-0.39, 0.29) is 0 Å². The van der Waals surface area contributed by atoms with E-state index in [1.165, 1.54) is 0 Å². The number of nitrogens with zero attached hydrogens (tertiary/aromatic N) is 3. The Hall–Kier alpha value is -1.73. The third-order valence-corrected chi connectivity index (χ3v) is 2.72. The van der Waals surface area contributed by atoms with E-state index in [9.17, 15) is 5.02 Å². The van der Waals surface area contributed by atoms with Crippen LogP contribution in [0.3, 0.4) is 0 Å². The average Bonchev–Trinajstić information content (AvgIpc) is 2.86. The molecule has 1 aromatic heterocycles. The van der Waals surface area contributed by atoms with Crippen molar-refractivity contribution in [2.75, 3.05) is 0 Å². The van der Waals surface area contributed by atoms with E-state index >= 15 is 0 Å². The Kier molecular flexibility index (Phi) is 2.01. The number of aromatic amines is 1. The minimum Gasteiger partial charge on any atom is -0.423 e. The van der Waals surface area contributed by atoms with Crippen molar-refractivity contribution < 1.29 is 14.4 Å². The van der Waals surface area contributed by atoms with Crippen molar-refractivity contribution in [2.45, 2.75) is 6.61 Å². The van der Waals surface area contributed by atoms with Gasteiger partial charge < -0.3 is 9.68 Å². The summed E-state index contributed by atoms with van der Waals surface area (Å²) < 4.78 is 6.84. The molecule has 0 unspecified atom stereocenters. The van der Waals surface area contributed by atoms with Crippen LogP contribution in [0.25, 0.3) is 11.4 Å². The van der Waals surface area contributed by atoms with E-state index in [1.54, 1.807) is 4.68 Å². The number of nitrogens with one attached hydrogen (secondary N) is 1. The Labute approximate surface area is 92.0 Å². The molecule has 2 heterocycles. The molecule has 2 N–H and O–H groups in total. The van der Waals surface area contributed by atoms with Gasteiger partial charge in [0.1, 0.15) is 5.10 Å². The van der Waals surface area contributed by atoms with Gasteiger partial charge in [0, 0.05) is 0 Å². The number of hydrogen-bond acceptors (Lipinski definition) is 4. The second-order valence-corrected chi connectivity index (χ2v) is 3.76. The summed E-state index contributed by atoms with van der Waals surface area (Å²) in [6, 6.07) is 5.76. The molecule has 1 aliphatic heterocycles. The van der Waals surface area contributed by atoms with Gasteiger partial charge in [0.15, 0.2) is 5.21 Å². The fourth-order valence-electron chi connectivity index (χ4n) is 1.86. The van der Waals surface area contributed by atoms with Gasteiger partial charge in [-0.2, -0.15) is 4.68 Å². The summed E-state index contributed by atoms with van der Waals surface area (Å²) in [6.45, 7) is 0.460. The summed E-state index contributed by atoms with van der Waals surface area (Å²) in [5.41, 5.74) is 2.72. The van der Waals surface area contributed by atoms with Gasteiger partial charge in [-0.3, -0.25) is 0 Å². The number of tetrazole rings is 1. The van der Waals surface area contributed by atoms with Crippen LogP contribution in [0.15, 0.2) is 18.2 Å². The summed E-state index contributed by atoms with van der Waals surface area (Å²) in [5, 5.41) is 20.0. The number of fused-ring (bicyclic) bond motifs is 1. The second-order valence-electron chi connectivity index (χ2n) is 3.76. The zero-order chi connectivity index (χ0) is 11.1. The van der Waals surface area contributed by atoms with E-state index in [2.05, 4.69) is 15.5 Å². The Morgan fingerprint density at radius 2 is 2.44 bits per heavy atom. The molecule has 2 aromatic rings. The fraction of sp³-hybridized carbons (Fsp3) is 0.222. The number of H-pyrrole nitrogens is 1. The van der Waals surface area contributed by atoms with E-state index in [1.807, 2.05) is 25.2 Å². The van der Waals surface area contributed by atoms with Gasteiger partial charge in [0.25, 0.3) is 0 Å². The molecule has 0 fully saturated rings. The smallest absolute Gasteiger partial charge is 0.423 e. The van der Waals surface area contributed by atoms with E-state index in [0.29, 0.717) is 6.61 Å². The molecule has 7 heteroatoms. The quantitative estimate of drug-likeness (QED) is 0.451. The lowest BCUT2D eigenvalue weighted by atomic mass is 9.79. The van der Waals surface area contributed by atoms with Crippen molar-refractivity contribution in [3.63, 3.8) is 0 Å². The van der Waals surface area contributed by atoms with Crippen molar-refractivity contribution in [3.05, 3.63) is 23.8 Å². The fourth-order valence-corrected chi connectivity index (χ4v) is 1.86. The first-order valence-electron chi connectivity index (χ1n) is 4.95. The highest BCUT2D eigenvalue weighted by Crippen LogP contribution is 2.16. The summed E-state index contributed by atoms with van der Waals surface area (Å²) in [5.74, 6) is 0.724. The van der Waals surface area contributed by atoms with Gasteiger partial charge >= 0.3 is 12.9 Å². The van der Waals surface area contributed by atoms with Crippen molar-refractivity contribution in [1.29, 1.82) is 0 Å². The number of rotatable bonds is 1. The minimum atomic E-state index is -0.827. The van der Waals surface area contributed by atoms with E-state index in [0.717, 1.165) is 22.4 Å². The highest BCUT2D eigenvalue weighted by Gasteiger charge is 2.28. The van der Waals surface area contributed by atoms with Crippen LogP contribution >= 0.6 is 0 Å². The van der Waals surface area contributed by atoms with Crippen LogP contribution in [0, 0.1) is 0 Å². The lowest BCUT2D eigenvalue weighted by Crippen LogP contribution is -2.33. The number of aromatic nitrogens is 4. The standard InChI is InChI=1S/C9H9BN4O2/c1-14-9(11-12-13-14)6-2-3-7-5-16-10(15)8(7)4-6/h2-4,15H,5H2,1H3/p+1. The van der Waals surface area contributed by atoms with Crippen LogP contribution in [0.5, 0.6) is 0 Å². The molecule has 0 aliphatic carbocycles. The van der Waals surface area contributed by atoms with Crippen molar-refractivity contribution >= 4 is 12.6 Å². The molecule has 3 rings (SSSR count). The average molecular weight is 217 g/mol. The Bertz CT molecular complexity index is 542. The summed E-state index contributed by atoms with van der Waals surface area (Å²) in [6.07, 6.45) is 0. The van der Waals surface area contributed by atoms with Gasteiger partial charge in [0.05, 0.1) is 19.2 Å². The van der Waals surface area contributed by atoms with Crippen LogP contribution in [-0.4, -0.2) is 27.7 Å². The van der Waals surface area contributed by atoms with Gasteiger partial charge in [0.2, 0.25) is 0 Å². The first-order chi connectivity index (χ1) is 7.75. The van der Waals surface area contributed by atoms with Crippen molar-refractivity contribution in [3.8, 4) is 11.4 Å². The minimum absolute atomic E-state index is 0.460. The number of hydrogen-bond donors (Lipinski definition) is 2. The second kappa shape index (κ2) is 3.39. The molecule has 6 nitrogen and oxygen atoms in total. The summed E-state index contributed by atoms with van der Waals surface area (Å²) >= 11 is 0. The zero-order valence-electron chi connectivity index (χ0n) is 8.71. The molecule has 0 atom stereocenters. The zero-order valence-corrected chi connectivity index (χ0v) is 8.71. The largest absolute Gasteiger partial charge is 0.491 e. The molecule has 0 bridgehead atoms. The SMILES string of the molecule is C[n+]1[nH]nnc1-c1ccc2c(c1)B(O)OC2. The van der Waals surface area contributed by atoms with Gasteiger partial charge in [-0.15, -0.1) is 0 Å².